The number of aryl methyl sites for hydroxylation is 1. The summed E-state index contributed by atoms with van der Waals surface area (Å²) in [5, 5.41) is 6.91. The highest BCUT2D eigenvalue weighted by Crippen LogP contribution is 2.14. The Kier molecular flexibility index (Phi) is 5.96. The van der Waals surface area contributed by atoms with E-state index in [1.54, 1.807) is 0 Å². The van der Waals surface area contributed by atoms with Gasteiger partial charge in [-0.25, -0.2) is 13.1 Å². The van der Waals surface area contributed by atoms with Crippen LogP contribution in [0.5, 0.6) is 0 Å². The van der Waals surface area contributed by atoms with Crippen molar-refractivity contribution in [2.45, 2.75) is 31.0 Å². The van der Waals surface area contributed by atoms with E-state index < -0.39 is 22.7 Å². The van der Waals surface area contributed by atoms with Crippen molar-refractivity contribution in [1.82, 2.24) is 19.8 Å². The fraction of sp³-hybridized carbons (Fsp3) is 0.700. The molecule has 0 atom stereocenters. The van der Waals surface area contributed by atoms with Crippen LogP contribution in [-0.2, 0) is 16.6 Å². The molecule has 0 unspecified atom stereocenters. The number of nitrogens with one attached hydrogen (secondary N) is 2. The van der Waals surface area contributed by atoms with Crippen molar-refractivity contribution in [3.05, 3.63) is 12.4 Å². The van der Waals surface area contributed by atoms with E-state index in [-0.39, 0.29) is 4.90 Å². The molecule has 0 spiro atoms. The van der Waals surface area contributed by atoms with Crippen LogP contribution in [0.4, 0.5) is 13.2 Å². The first-order valence-electron chi connectivity index (χ1n) is 6.04. The highest BCUT2D eigenvalue weighted by molar-refractivity contribution is 7.89. The molecule has 2 N–H and O–H groups in total. The fourth-order valence-corrected chi connectivity index (χ4v) is 2.38. The maximum atomic E-state index is 12.0. The van der Waals surface area contributed by atoms with Crippen molar-refractivity contribution in [2.24, 2.45) is 0 Å². The van der Waals surface area contributed by atoms with Crippen molar-refractivity contribution in [3.63, 3.8) is 0 Å². The van der Waals surface area contributed by atoms with E-state index >= 15 is 0 Å². The van der Waals surface area contributed by atoms with Crippen molar-refractivity contribution < 1.29 is 21.6 Å². The molecule has 10 heteroatoms. The zero-order chi connectivity index (χ0) is 15.2. The molecule has 0 aliphatic carbocycles. The maximum absolute atomic E-state index is 12.0. The van der Waals surface area contributed by atoms with Crippen LogP contribution < -0.4 is 10.0 Å². The molecule has 0 aliphatic heterocycles. The summed E-state index contributed by atoms with van der Waals surface area (Å²) in [6.07, 6.45) is -1.60. The molecule has 0 fully saturated rings. The molecular weight excluding hydrogens is 297 g/mol. The lowest BCUT2D eigenvalue weighted by Gasteiger charge is -2.07. The summed E-state index contributed by atoms with van der Waals surface area (Å²) in [7, 11) is -4.18. The molecule has 0 saturated heterocycles. The summed E-state index contributed by atoms with van der Waals surface area (Å²) in [5.41, 5.74) is 0. The Morgan fingerprint density at radius 3 is 2.70 bits per heavy atom. The monoisotopic (exact) mass is 314 g/mol. The molecule has 116 valence electrons. The van der Waals surface area contributed by atoms with Gasteiger partial charge in [0.2, 0.25) is 10.0 Å². The van der Waals surface area contributed by atoms with Crippen LogP contribution in [0.25, 0.3) is 0 Å². The maximum Gasteiger partial charge on any atom is 0.402 e. The van der Waals surface area contributed by atoms with Crippen molar-refractivity contribution in [2.75, 3.05) is 19.6 Å². The normalized spacial score (nSPS) is 12.8. The predicted octanol–water partition coefficient (Wildman–Crippen LogP) is 0.723. The van der Waals surface area contributed by atoms with E-state index in [4.69, 9.17) is 0 Å². The lowest BCUT2D eigenvalue weighted by atomic mass is 10.4. The molecule has 6 nitrogen and oxygen atoms in total. The van der Waals surface area contributed by atoms with Crippen LogP contribution in [-0.4, -0.2) is 44.0 Å². The fourth-order valence-electron chi connectivity index (χ4n) is 1.41. The van der Waals surface area contributed by atoms with Gasteiger partial charge in [-0.05, 0) is 19.5 Å². The molecule has 1 aromatic heterocycles. The molecule has 1 aromatic rings. The first kappa shape index (κ1) is 16.9. The van der Waals surface area contributed by atoms with Crippen LogP contribution in [0.1, 0.15) is 13.3 Å². The Morgan fingerprint density at radius 1 is 1.40 bits per heavy atom. The van der Waals surface area contributed by atoms with Gasteiger partial charge in [0.15, 0.2) is 0 Å². The van der Waals surface area contributed by atoms with Crippen molar-refractivity contribution >= 4 is 10.0 Å². The molecule has 20 heavy (non-hydrogen) atoms. The topological polar surface area (TPSA) is 76.0 Å². The Bertz CT molecular complexity index is 513. The van der Waals surface area contributed by atoms with Gasteiger partial charge in [-0.1, -0.05) is 6.92 Å². The second-order valence-corrected chi connectivity index (χ2v) is 5.85. The third-order valence-corrected chi connectivity index (χ3v) is 3.73. The largest absolute Gasteiger partial charge is 0.402 e. The third-order valence-electron chi connectivity index (χ3n) is 2.37. The molecule has 0 aliphatic rings. The molecule has 0 saturated carbocycles. The Balaban J connectivity index is 2.57. The number of hydrogen-bond acceptors (Lipinski definition) is 4. The van der Waals surface area contributed by atoms with Gasteiger partial charge in [-0.2, -0.15) is 18.3 Å². The zero-order valence-corrected chi connectivity index (χ0v) is 11.8. The smallest absolute Gasteiger partial charge is 0.317 e. The minimum atomic E-state index is -4.59. The lowest BCUT2D eigenvalue weighted by Crippen LogP contribution is -2.33. The number of alkyl halides is 3. The van der Waals surface area contributed by atoms with Gasteiger partial charge in [-0.15, -0.1) is 0 Å². The minimum absolute atomic E-state index is 0.273. The number of rotatable bonds is 8. The zero-order valence-electron chi connectivity index (χ0n) is 10.9. The van der Waals surface area contributed by atoms with E-state index in [1.165, 1.54) is 15.6 Å². The summed E-state index contributed by atoms with van der Waals surface area (Å²) < 4.78 is 62.0. The number of sulfonamides is 1. The molecule has 0 amide bonds. The molecule has 0 bridgehead atoms. The second kappa shape index (κ2) is 7.04. The summed E-state index contributed by atoms with van der Waals surface area (Å²) in [6, 6.07) is 0. The average Bonchev–Trinajstić information content (AvgIpc) is 2.81. The summed E-state index contributed by atoms with van der Waals surface area (Å²) in [6.45, 7) is 2.44. The van der Waals surface area contributed by atoms with Gasteiger partial charge in [-0.3, -0.25) is 4.68 Å². The summed E-state index contributed by atoms with van der Waals surface area (Å²) in [4.78, 5) is -0.273. The quantitative estimate of drug-likeness (QED) is 0.694. The number of hydrogen-bond donors (Lipinski definition) is 2. The molecule has 1 rings (SSSR count). The number of aromatic nitrogens is 2. The van der Waals surface area contributed by atoms with Crippen LogP contribution in [0, 0.1) is 0 Å². The lowest BCUT2D eigenvalue weighted by molar-refractivity contribution is -0.121. The number of halogens is 3. The summed E-state index contributed by atoms with van der Waals surface area (Å²) >= 11 is 0. The minimum Gasteiger partial charge on any atom is -0.317 e. The summed E-state index contributed by atoms with van der Waals surface area (Å²) in [5.74, 6) is 0. The third kappa shape index (κ3) is 5.88. The predicted molar refractivity (Wildman–Crippen MR) is 66.6 cm³/mol. The van der Waals surface area contributed by atoms with Crippen LogP contribution in [0.15, 0.2) is 17.3 Å². The highest BCUT2D eigenvalue weighted by Gasteiger charge is 2.30. The molecule has 0 aromatic carbocycles. The van der Waals surface area contributed by atoms with Crippen molar-refractivity contribution in [3.8, 4) is 0 Å². The van der Waals surface area contributed by atoms with E-state index in [9.17, 15) is 21.6 Å². The first-order chi connectivity index (χ1) is 9.24. The van der Waals surface area contributed by atoms with Crippen molar-refractivity contribution in [1.29, 1.82) is 0 Å². The van der Waals surface area contributed by atoms with Gasteiger partial charge >= 0.3 is 6.18 Å². The van der Waals surface area contributed by atoms with Gasteiger partial charge < -0.3 is 5.32 Å². The SMILES string of the molecule is CCNCCCn1cc(S(=O)(=O)NCC(F)(F)F)cn1. The van der Waals surface area contributed by atoms with E-state index in [0.29, 0.717) is 6.54 Å². The van der Waals surface area contributed by atoms with E-state index in [0.717, 1.165) is 25.7 Å². The van der Waals surface area contributed by atoms with Crippen LogP contribution in [0.2, 0.25) is 0 Å². The molecular formula is C10H17F3N4O2S. The van der Waals surface area contributed by atoms with Crippen LogP contribution in [0.3, 0.4) is 0 Å². The Hall–Kier alpha value is -1.13. The van der Waals surface area contributed by atoms with Gasteiger partial charge in [0, 0.05) is 12.7 Å². The Labute approximate surface area is 115 Å². The number of nitrogens with zero attached hydrogens (tertiary/aromatic N) is 2. The molecule has 1 heterocycles. The van der Waals surface area contributed by atoms with E-state index in [1.807, 2.05) is 6.92 Å². The van der Waals surface area contributed by atoms with E-state index in [2.05, 4.69) is 10.4 Å². The van der Waals surface area contributed by atoms with Crippen LogP contribution >= 0.6 is 0 Å². The van der Waals surface area contributed by atoms with Gasteiger partial charge in [0.05, 0.1) is 6.20 Å². The first-order valence-corrected chi connectivity index (χ1v) is 7.52. The highest BCUT2D eigenvalue weighted by atomic mass is 32.2. The standard InChI is InChI=1S/C10H17F3N4O2S/c1-2-14-4-3-5-17-7-9(6-15-17)20(18,19)16-8-10(11,12)13/h6-7,14,16H,2-5,8H2,1H3. The Morgan fingerprint density at radius 2 is 2.10 bits per heavy atom. The average molecular weight is 314 g/mol. The molecule has 0 radical (unpaired) electrons. The van der Waals surface area contributed by atoms with Gasteiger partial charge in [0.25, 0.3) is 0 Å². The van der Waals surface area contributed by atoms with Gasteiger partial charge in [0.1, 0.15) is 11.4 Å². The second-order valence-electron chi connectivity index (χ2n) is 4.09.